The van der Waals surface area contributed by atoms with E-state index in [1.165, 1.54) is 22.9 Å². The van der Waals surface area contributed by atoms with Gasteiger partial charge in [0.15, 0.2) is 11.5 Å². The summed E-state index contributed by atoms with van der Waals surface area (Å²) < 4.78 is 14.6. The Morgan fingerprint density at radius 2 is 2.04 bits per heavy atom. The summed E-state index contributed by atoms with van der Waals surface area (Å²) in [7, 11) is 0. The summed E-state index contributed by atoms with van der Waals surface area (Å²) in [6, 6.07) is 13.1. The van der Waals surface area contributed by atoms with Crippen molar-refractivity contribution >= 4 is 29.2 Å². The summed E-state index contributed by atoms with van der Waals surface area (Å²) >= 11 is 1.58. The number of carbonyl (C=O) groups excluding carboxylic acids is 1. The Kier molecular flexibility index (Phi) is 4.48. The zero-order chi connectivity index (χ0) is 17.1. The Balaban J connectivity index is 1.87. The second-order valence-electron chi connectivity index (χ2n) is 4.90. The second kappa shape index (κ2) is 6.71. The molecule has 0 aliphatic rings. The van der Waals surface area contributed by atoms with Crippen molar-refractivity contribution in [3.63, 3.8) is 0 Å². The van der Waals surface area contributed by atoms with Gasteiger partial charge >= 0.3 is 0 Å². The summed E-state index contributed by atoms with van der Waals surface area (Å²) in [6.07, 6.45) is 1.96. The third-order valence-electron chi connectivity index (χ3n) is 3.30. The molecule has 0 bridgehead atoms. The van der Waals surface area contributed by atoms with Crippen molar-refractivity contribution in [1.29, 1.82) is 0 Å². The Bertz CT molecular complexity index is 896. The fourth-order valence-electron chi connectivity index (χ4n) is 2.14. The number of nitrogen functional groups attached to an aromatic ring is 1. The second-order valence-corrected chi connectivity index (χ2v) is 5.78. The molecule has 0 aliphatic carbocycles. The molecule has 1 aromatic heterocycles. The summed E-state index contributed by atoms with van der Waals surface area (Å²) in [5.74, 6) is -0.883. The van der Waals surface area contributed by atoms with Gasteiger partial charge in [-0.15, -0.1) is 16.9 Å². The molecule has 2 aromatic carbocycles. The first-order valence-electron chi connectivity index (χ1n) is 7.01. The Morgan fingerprint density at radius 1 is 1.25 bits per heavy atom. The first-order chi connectivity index (χ1) is 11.6. The lowest BCUT2D eigenvalue weighted by atomic mass is 10.3. The number of hydrogen-bond donors (Lipinski definition) is 2. The Hall–Kier alpha value is -2.87. The van der Waals surface area contributed by atoms with E-state index in [2.05, 4.69) is 15.6 Å². The molecule has 0 saturated carbocycles. The molecule has 8 heteroatoms. The monoisotopic (exact) mass is 343 g/mol. The fourth-order valence-corrected chi connectivity index (χ4v) is 2.59. The molecule has 1 heterocycles. The topological polar surface area (TPSA) is 85.8 Å². The van der Waals surface area contributed by atoms with Crippen molar-refractivity contribution in [1.82, 2.24) is 15.0 Å². The van der Waals surface area contributed by atoms with Crippen molar-refractivity contribution < 1.29 is 9.18 Å². The quantitative estimate of drug-likeness (QED) is 0.711. The Labute approximate surface area is 141 Å². The van der Waals surface area contributed by atoms with Gasteiger partial charge in [-0.05, 0) is 42.7 Å². The number of hydrogen-bond acceptors (Lipinski definition) is 5. The maximum Gasteiger partial charge on any atom is 0.280 e. The molecule has 3 aromatic rings. The van der Waals surface area contributed by atoms with Crippen LogP contribution < -0.4 is 11.1 Å². The van der Waals surface area contributed by atoms with E-state index in [9.17, 15) is 9.18 Å². The molecule has 3 rings (SSSR count). The molecule has 0 unspecified atom stereocenters. The van der Waals surface area contributed by atoms with E-state index in [0.717, 1.165) is 4.90 Å². The lowest BCUT2D eigenvalue weighted by molar-refractivity contribution is 0.102. The van der Waals surface area contributed by atoms with Gasteiger partial charge in [-0.25, -0.2) is 4.39 Å². The van der Waals surface area contributed by atoms with E-state index in [1.54, 1.807) is 17.8 Å². The third kappa shape index (κ3) is 3.23. The smallest absolute Gasteiger partial charge is 0.280 e. The number of thioether (sulfide) groups is 1. The van der Waals surface area contributed by atoms with Crippen LogP contribution in [0, 0.1) is 5.82 Å². The average Bonchev–Trinajstić information content (AvgIpc) is 2.96. The van der Waals surface area contributed by atoms with Crippen LogP contribution >= 0.6 is 11.8 Å². The summed E-state index contributed by atoms with van der Waals surface area (Å²) in [6.45, 7) is 0. The summed E-state index contributed by atoms with van der Waals surface area (Å²) in [4.78, 5) is 13.3. The molecule has 0 saturated heterocycles. The third-order valence-corrected chi connectivity index (χ3v) is 4.03. The van der Waals surface area contributed by atoms with E-state index >= 15 is 0 Å². The normalized spacial score (nSPS) is 10.6. The number of nitrogens with two attached hydrogens (primary N) is 1. The standard InChI is InChI=1S/C16H14FN5OS/c1-24-13-7-3-6-12(9-13)22-15(18)14(20-21-22)16(23)19-11-5-2-4-10(17)8-11/h2-9H,18H2,1H3,(H,19,23). The van der Waals surface area contributed by atoms with Crippen molar-refractivity contribution in [2.24, 2.45) is 0 Å². The van der Waals surface area contributed by atoms with Crippen LogP contribution in [0.1, 0.15) is 10.5 Å². The molecule has 0 spiro atoms. The van der Waals surface area contributed by atoms with Gasteiger partial charge in [0.05, 0.1) is 5.69 Å². The first-order valence-corrected chi connectivity index (χ1v) is 8.23. The van der Waals surface area contributed by atoms with Gasteiger partial charge in [-0.1, -0.05) is 17.3 Å². The van der Waals surface area contributed by atoms with Crippen molar-refractivity contribution in [3.8, 4) is 5.69 Å². The van der Waals surface area contributed by atoms with Gasteiger partial charge in [0, 0.05) is 10.6 Å². The highest BCUT2D eigenvalue weighted by Gasteiger charge is 2.18. The molecule has 0 aliphatic heterocycles. The Morgan fingerprint density at radius 3 is 2.79 bits per heavy atom. The molecule has 0 atom stereocenters. The molecule has 1 amide bonds. The highest BCUT2D eigenvalue weighted by Crippen LogP contribution is 2.21. The van der Waals surface area contributed by atoms with E-state index in [-0.39, 0.29) is 11.5 Å². The van der Waals surface area contributed by atoms with Crippen molar-refractivity contribution in [2.45, 2.75) is 4.90 Å². The van der Waals surface area contributed by atoms with E-state index < -0.39 is 11.7 Å². The predicted molar refractivity (Wildman–Crippen MR) is 91.9 cm³/mol. The van der Waals surface area contributed by atoms with Crippen molar-refractivity contribution in [3.05, 3.63) is 60.0 Å². The van der Waals surface area contributed by atoms with Gasteiger partial charge in [-0.3, -0.25) is 4.79 Å². The van der Waals surface area contributed by atoms with E-state index in [1.807, 2.05) is 30.5 Å². The number of aromatic nitrogens is 3. The minimum Gasteiger partial charge on any atom is -0.382 e. The van der Waals surface area contributed by atoms with Gasteiger partial charge in [-0.2, -0.15) is 4.68 Å². The molecule has 122 valence electrons. The van der Waals surface area contributed by atoms with Crippen LogP contribution in [-0.4, -0.2) is 27.2 Å². The molecule has 24 heavy (non-hydrogen) atoms. The maximum absolute atomic E-state index is 13.2. The molecular formula is C16H14FN5OS. The largest absolute Gasteiger partial charge is 0.382 e. The van der Waals surface area contributed by atoms with Crippen molar-refractivity contribution in [2.75, 3.05) is 17.3 Å². The van der Waals surface area contributed by atoms with E-state index in [4.69, 9.17) is 5.73 Å². The molecule has 0 radical (unpaired) electrons. The van der Waals surface area contributed by atoms with E-state index in [0.29, 0.717) is 11.4 Å². The highest BCUT2D eigenvalue weighted by atomic mass is 32.2. The molecule has 6 nitrogen and oxygen atoms in total. The number of nitrogens with zero attached hydrogens (tertiary/aromatic N) is 3. The zero-order valence-corrected chi connectivity index (χ0v) is 13.5. The van der Waals surface area contributed by atoms with Crippen LogP contribution in [0.5, 0.6) is 0 Å². The SMILES string of the molecule is CSc1cccc(-n2nnc(C(=O)Nc3cccc(F)c3)c2N)c1. The lowest BCUT2D eigenvalue weighted by Gasteiger charge is -2.06. The minimum atomic E-state index is -0.551. The molecule has 3 N–H and O–H groups in total. The summed E-state index contributed by atoms with van der Waals surface area (Å²) in [5, 5.41) is 10.3. The number of anilines is 2. The number of benzene rings is 2. The van der Waals surface area contributed by atoms with Crippen LogP contribution in [0.4, 0.5) is 15.9 Å². The van der Waals surface area contributed by atoms with Gasteiger partial charge in [0.25, 0.3) is 5.91 Å². The molecular weight excluding hydrogens is 329 g/mol. The number of rotatable bonds is 4. The van der Waals surface area contributed by atoms with Crippen LogP contribution in [0.15, 0.2) is 53.4 Å². The predicted octanol–water partition coefficient (Wildman–Crippen LogP) is 2.96. The highest BCUT2D eigenvalue weighted by molar-refractivity contribution is 7.98. The number of halogens is 1. The first kappa shape index (κ1) is 16.0. The maximum atomic E-state index is 13.2. The van der Waals surface area contributed by atoms with Crippen LogP contribution in [-0.2, 0) is 0 Å². The van der Waals surface area contributed by atoms with Gasteiger partial charge in [0.2, 0.25) is 0 Å². The van der Waals surface area contributed by atoms with Crippen LogP contribution in [0.3, 0.4) is 0 Å². The minimum absolute atomic E-state index is 0.0196. The summed E-state index contributed by atoms with van der Waals surface area (Å²) in [5.41, 5.74) is 7.01. The molecule has 0 fully saturated rings. The average molecular weight is 343 g/mol. The van der Waals surface area contributed by atoms with Gasteiger partial charge in [0.1, 0.15) is 5.82 Å². The van der Waals surface area contributed by atoms with Crippen LogP contribution in [0.25, 0.3) is 5.69 Å². The number of amides is 1. The number of nitrogens with one attached hydrogen (secondary N) is 1. The zero-order valence-electron chi connectivity index (χ0n) is 12.7. The fraction of sp³-hybridized carbons (Fsp3) is 0.0625. The number of carbonyl (C=O) groups is 1. The van der Waals surface area contributed by atoms with Gasteiger partial charge < -0.3 is 11.1 Å². The lowest BCUT2D eigenvalue weighted by Crippen LogP contribution is -2.15. The van der Waals surface area contributed by atoms with Crippen LogP contribution in [0.2, 0.25) is 0 Å².